The Morgan fingerprint density at radius 1 is 1.64 bits per heavy atom. The number of rotatable bonds is 5. The molecule has 1 unspecified atom stereocenters. The van der Waals surface area contributed by atoms with E-state index in [4.69, 9.17) is 4.42 Å². The van der Waals surface area contributed by atoms with Crippen LogP contribution in [0.3, 0.4) is 0 Å². The third kappa shape index (κ3) is 3.58. The van der Waals surface area contributed by atoms with Crippen LogP contribution in [0.2, 0.25) is 0 Å². The number of Topliss-reactive ketones (excluding diaryl/α,β-unsaturated/α-hetero) is 1. The van der Waals surface area contributed by atoms with Crippen molar-refractivity contribution in [3.8, 4) is 0 Å². The second-order valence-electron chi connectivity index (χ2n) is 3.55. The maximum Gasteiger partial charge on any atom is 0.130 e. The van der Waals surface area contributed by atoms with Crippen LogP contribution in [0.1, 0.15) is 31.6 Å². The van der Waals surface area contributed by atoms with Crippen molar-refractivity contribution in [3.63, 3.8) is 0 Å². The van der Waals surface area contributed by atoms with Gasteiger partial charge >= 0.3 is 0 Å². The van der Waals surface area contributed by atoms with Gasteiger partial charge in [-0.2, -0.15) is 11.8 Å². The predicted octanol–water partition coefficient (Wildman–Crippen LogP) is 3.19. The maximum atomic E-state index is 10.8. The number of hydrogen-bond donors (Lipinski definition) is 0. The fraction of sp³-hybridized carbons (Fsp3) is 0.545. The van der Waals surface area contributed by atoms with Gasteiger partial charge in [-0.05, 0) is 25.5 Å². The Balaban J connectivity index is 2.34. The van der Waals surface area contributed by atoms with Crippen molar-refractivity contribution in [3.05, 3.63) is 23.7 Å². The Hall–Kier alpha value is -0.700. The van der Waals surface area contributed by atoms with E-state index in [9.17, 15) is 4.79 Å². The first-order valence-electron chi connectivity index (χ1n) is 4.73. The van der Waals surface area contributed by atoms with Gasteiger partial charge in [-0.15, -0.1) is 0 Å². The van der Waals surface area contributed by atoms with Crippen molar-refractivity contribution in [2.24, 2.45) is 0 Å². The lowest BCUT2D eigenvalue weighted by Gasteiger charge is -2.07. The summed E-state index contributed by atoms with van der Waals surface area (Å²) in [6.45, 7) is 5.74. The predicted molar refractivity (Wildman–Crippen MR) is 59.5 cm³/mol. The van der Waals surface area contributed by atoms with Crippen molar-refractivity contribution in [1.29, 1.82) is 0 Å². The lowest BCUT2D eigenvalue weighted by atomic mass is 10.2. The quantitative estimate of drug-likeness (QED) is 0.751. The first-order chi connectivity index (χ1) is 6.59. The van der Waals surface area contributed by atoms with Gasteiger partial charge in [-0.1, -0.05) is 6.92 Å². The Bertz CT molecular complexity index is 304. The van der Waals surface area contributed by atoms with E-state index in [1.54, 1.807) is 24.9 Å². The topological polar surface area (TPSA) is 30.2 Å². The average molecular weight is 212 g/mol. The Morgan fingerprint density at radius 2 is 2.36 bits per heavy atom. The second-order valence-corrected chi connectivity index (χ2v) is 4.98. The van der Waals surface area contributed by atoms with Crippen LogP contribution in [-0.2, 0) is 10.5 Å². The number of aryl methyl sites for hydroxylation is 1. The van der Waals surface area contributed by atoms with Gasteiger partial charge in [0.15, 0.2) is 0 Å². The van der Waals surface area contributed by atoms with Gasteiger partial charge in [-0.3, -0.25) is 4.79 Å². The molecule has 0 aliphatic heterocycles. The van der Waals surface area contributed by atoms with E-state index < -0.39 is 0 Å². The highest BCUT2D eigenvalue weighted by atomic mass is 32.2. The monoisotopic (exact) mass is 212 g/mol. The van der Waals surface area contributed by atoms with E-state index in [1.807, 2.05) is 13.0 Å². The molecule has 0 saturated carbocycles. The molecule has 1 aromatic rings. The Kier molecular flexibility index (Phi) is 4.26. The highest BCUT2D eigenvalue weighted by Crippen LogP contribution is 2.22. The van der Waals surface area contributed by atoms with Crippen molar-refractivity contribution >= 4 is 17.5 Å². The minimum absolute atomic E-state index is 0.251. The molecule has 1 rings (SSSR count). The van der Waals surface area contributed by atoms with Crippen LogP contribution in [0.15, 0.2) is 16.7 Å². The summed E-state index contributed by atoms with van der Waals surface area (Å²) in [4.78, 5) is 10.8. The summed E-state index contributed by atoms with van der Waals surface area (Å²) in [5.74, 6) is 2.12. The number of carbonyl (C=O) groups excluding carboxylic acids is 1. The molecule has 3 heteroatoms. The largest absolute Gasteiger partial charge is 0.468 e. The van der Waals surface area contributed by atoms with Crippen LogP contribution in [0, 0.1) is 6.92 Å². The number of furan rings is 1. The van der Waals surface area contributed by atoms with E-state index in [2.05, 4.69) is 6.92 Å². The smallest absolute Gasteiger partial charge is 0.130 e. The minimum Gasteiger partial charge on any atom is -0.468 e. The normalized spacial score (nSPS) is 12.8. The summed E-state index contributed by atoms with van der Waals surface area (Å²) < 4.78 is 5.31. The van der Waals surface area contributed by atoms with E-state index in [-0.39, 0.29) is 5.78 Å². The molecule has 1 aromatic heterocycles. The van der Waals surface area contributed by atoms with Gasteiger partial charge in [0.2, 0.25) is 0 Å². The van der Waals surface area contributed by atoms with E-state index in [0.717, 1.165) is 11.5 Å². The van der Waals surface area contributed by atoms with Crippen LogP contribution in [0.4, 0.5) is 0 Å². The molecule has 0 amide bonds. The number of carbonyl (C=O) groups is 1. The molecule has 78 valence electrons. The minimum atomic E-state index is 0.251. The van der Waals surface area contributed by atoms with Gasteiger partial charge in [0.25, 0.3) is 0 Å². The zero-order valence-electron chi connectivity index (χ0n) is 8.87. The second kappa shape index (κ2) is 5.25. The fourth-order valence-corrected chi connectivity index (χ4v) is 2.32. The third-order valence-electron chi connectivity index (χ3n) is 2.04. The molecular formula is C11H16O2S. The summed E-state index contributed by atoms with van der Waals surface area (Å²) in [6, 6.07) is 1.96. The average Bonchev–Trinajstić information content (AvgIpc) is 2.46. The Labute approximate surface area is 89.1 Å². The summed E-state index contributed by atoms with van der Waals surface area (Å²) >= 11 is 1.76. The first-order valence-corrected chi connectivity index (χ1v) is 5.78. The summed E-state index contributed by atoms with van der Waals surface area (Å²) in [5.41, 5.74) is 1.19. The van der Waals surface area contributed by atoms with E-state index in [0.29, 0.717) is 11.7 Å². The number of thioether (sulfide) groups is 1. The van der Waals surface area contributed by atoms with Gasteiger partial charge in [0.05, 0.1) is 12.0 Å². The molecule has 2 nitrogen and oxygen atoms in total. The molecule has 0 saturated heterocycles. The summed E-state index contributed by atoms with van der Waals surface area (Å²) in [7, 11) is 0. The highest BCUT2D eigenvalue weighted by Gasteiger charge is 2.08. The molecule has 0 radical (unpaired) electrons. The lowest BCUT2D eigenvalue weighted by molar-refractivity contribution is -0.116. The number of ketones is 1. The van der Waals surface area contributed by atoms with E-state index >= 15 is 0 Å². The van der Waals surface area contributed by atoms with Gasteiger partial charge in [-0.25, -0.2) is 0 Å². The lowest BCUT2D eigenvalue weighted by Crippen LogP contribution is -2.03. The Morgan fingerprint density at radius 3 is 2.86 bits per heavy atom. The van der Waals surface area contributed by atoms with Gasteiger partial charge < -0.3 is 4.42 Å². The zero-order chi connectivity index (χ0) is 10.6. The molecule has 0 bridgehead atoms. The van der Waals surface area contributed by atoms with Crippen molar-refractivity contribution < 1.29 is 9.21 Å². The summed E-state index contributed by atoms with van der Waals surface area (Å²) in [5, 5.41) is 0.372. The van der Waals surface area contributed by atoms with Gasteiger partial charge in [0.1, 0.15) is 11.5 Å². The molecular weight excluding hydrogens is 196 g/mol. The molecule has 0 aromatic carbocycles. The standard InChI is InChI=1S/C11H16O2S/c1-8-4-5-13-11(8)7-14-10(3)6-9(2)12/h4-5,10H,6-7H2,1-3H3. The zero-order valence-corrected chi connectivity index (χ0v) is 9.69. The van der Waals surface area contributed by atoms with Crippen molar-refractivity contribution in [2.45, 2.75) is 38.2 Å². The van der Waals surface area contributed by atoms with E-state index in [1.165, 1.54) is 5.56 Å². The molecule has 1 heterocycles. The van der Waals surface area contributed by atoms with Gasteiger partial charge in [0, 0.05) is 11.7 Å². The van der Waals surface area contributed by atoms with Crippen molar-refractivity contribution in [1.82, 2.24) is 0 Å². The van der Waals surface area contributed by atoms with Crippen LogP contribution in [0.5, 0.6) is 0 Å². The first kappa shape index (κ1) is 11.4. The fourth-order valence-electron chi connectivity index (χ4n) is 1.23. The SMILES string of the molecule is CC(=O)CC(C)SCc1occc1C. The molecule has 14 heavy (non-hydrogen) atoms. The van der Waals surface area contributed by atoms with Crippen LogP contribution >= 0.6 is 11.8 Å². The maximum absolute atomic E-state index is 10.8. The van der Waals surface area contributed by atoms with Crippen LogP contribution < -0.4 is 0 Å². The highest BCUT2D eigenvalue weighted by molar-refractivity contribution is 7.99. The number of hydrogen-bond acceptors (Lipinski definition) is 3. The molecule has 0 aliphatic carbocycles. The molecule has 0 fully saturated rings. The summed E-state index contributed by atoms with van der Waals surface area (Å²) in [6.07, 6.45) is 2.35. The molecule has 1 atom stereocenters. The molecule has 0 N–H and O–H groups in total. The van der Waals surface area contributed by atoms with Crippen LogP contribution in [-0.4, -0.2) is 11.0 Å². The molecule has 0 aliphatic rings. The van der Waals surface area contributed by atoms with Crippen molar-refractivity contribution in [2.75, 3.05) is 0 Å². The third-order valence-corrected chi connectivity index (χ3v) is 3.21. The molecule has 0 spiro atoms. The van der Waals surface area contributed by atoms with Crippen LogP contribution in [0.25, 0.3) is 0 Å².